The fourth-order valence-corrected chi connectivity index (χ4v) is 3.70. The SMILES string of the molecule is CNCc1cc(S(=O)(=O)Nc2cccc(Cl)c2Br)cn1C. The monoisotopic (exact) mass is 391 g/mol. The van der Waals surface area contributed by atoms with Crippen molar-refractivity contribution in [3.05, 3.63) is 45.7 Å². The molecule has 2 rings (SSSR count). The summed E-state index contributed by atoms with van der Waals surface area (Å²) in [4.78, 5) is 0.210. The Morgan fingerprint density at radius 1 is 1.38 bits per heavy atom. The van der Waals surface area contributed by atoms with Gasteiger partial charge in [-0.3, -0.25) is 4.72 Å². The van der Waals surface area contributed by atoms with E-state index in [-0.39, 0.29) is 4.90 Å². The Morgan fingerprint density at radius 3 is 2.76 bits per heavy atom. The minimum absolute atomic E-state index is 0.210. The zero-order chi connectivity index (χ0) is 15.6. The molecule has 0 aliphatic rings. The Hall–Kier alpha value is -1.02. The largest absolute Gasteiger partial charge is 0.352 e. The van der Waals surface area contributed by atoms with E-state index in [9.17, 15) is 8.42 Å². The highest BCUT2D eigenvalue weighted by Crippen LogP contribution is 2.31. The molecule has 0 fully saturated rings. The number of nitrogens with one attached hydrogen (secondary N) is 2. The van der Waals surface area contributed by atoms with E-state index in [2.05, 4.69) is 26.0 Å². The van der Waals surface area contributed by atoms with Gasteiger partial charge in [-0.1, -0.05) is 17.7 Å². The van der Waals surface area contributed by atoms with Gasteiger partial charge in [0.25, 0.3) is 10.0 Å². The zero-order valence-electron chi connectivity index (χ0n) is 11.5. The second kappa shape index (κ2) is 6.39. The number of hydrogen-bond donors (Lipinski definition) is 2. The molecule has 0 aliphatic carbocycles. The summed E-state index contributed by atoms with van der Waals surface area (Å²) >= 11 is 9.24. The number of halogens is 2. The molecule has 114 valence electrons. The van der Waals surface area contributed by atoms with Crippen LogP contribution in [0.25, 0.3) is 0 Å². The van der Waals surface area contributed by atoms with Gasteiger partial charge in [0.1, 0.15) is 4.90 Å². The van der Waals surface area contributed by atoms with Crippen LogP contribution >= 0.6 is 27.5 Å². The summed E-state index contributed by atoms with van der Waals surface area (Å²) < 4.78 is 29.7. The first-order valence-corrected chi connectivity index (χ1v) is 8.77. The van der Waals surface area contributed by atoms with Gasteiger partial charge in [-0.05, 0) is 41.2 Å². The fraction of sp³-hybridized carbons (Fsp3) is 0.231. The summed E-state index contributed by atoms with van der Waals surface area (Å²) in [6, 6.07) is 6.64. The van der Waals surface area contributed by atoms with Crippen LogP contribution in [0, 0.1) is 0 Å². The molecule has 1 aromatic heterocycles. The van der Waals surface area contributed by atoms with Crippen LogP contribution in [0.15, 0.2) is 39.8 Å². The van der Waals surface area contributed by atoms with Crippen LogP contribution < -0.4 is 10.0 Å². The molecule has 0 radical (unpaired) electrons. The van der Waals surface area contributed by atoms with Gasteiger partial charge in [-0.2, -0.15) is 0 Å². The number of anilines is 1. The van der Waals surface area contributed by atoms with Crippen molar-refractivity contribution in [3.63, 3.8) is 0 Å². The highest BCUT2D eigenvalue weighted by atomic mass is 79.9. The van der Waals surface area contributed by atoms with Gasteiger partial charge < -0.3 is 9.88 Å². The molecule has 0 atom stereocenters. The number of aromatic nitrogens is 1. The first-order chi connectivity index (χ1) is 9.85. The highest BCUT2D eigenvalue weighted by Gasteiger charge is 2.19. The van der Waals surface area contributed by atoms with E-state index >= 15 is 0 Å². The van der Waals surface area contributed by atoms with Gasteiger partial charge in [0.15, 0.2) is 0 Å². The topological polar surface area (TPSA) is 63.1 Å². The zero-order valence-corrected chi connectivity index (χ0v) is 14.7. The van der Waals surface area contributed by atoms with E-state index in [1.54, 1.807) is 42.1 Å². The maximum atomic E-state index is 12.4. The number of aryl methyl sites for hydroxylation is 1. The Bertz CT molecular complexity index is 759. The summed E-state index contributed by atoms with van der Waals surface area (Å²) in [5, 5.41) is 3.44. The van der Waals surface area contributed by atoms with Crippen LogP contribution in [0.2, 0.25) is 5.02 Å². The van der Waals surface area contributed by atoms with Gasteiger partial charge in [-0.15, -0.1) is 0 Å². The number of sulfonamides is 1. The van der Waals surface area contributed by atoms with Gasteiger partial charge in [0.05, 0.1) is 15.2 Å². The van der Waals surface area contributed by atoms with Gasteiger partial charge in [0.2, 0.25) is 0 Å². The van der Waals surface area contributed by atoms with E-state index in [1.165, 1.54) is 0 Å². The molecule has 0 amide bonds. The van der Waals surface area contributed by atoms with Crippen molar-refractivity contribution in [2.45, 2.75) is 11.4 Å². The van der Waals surface area contributed by atoms with Crippen molar-refractivity contribution < 1.29 is 8.42 Å². The standard InChI is InChI=1S/C13H15BrClN3O2S/c1-16-7-9-6-10(8-18(9)2)21(19,20)17-12-5-3-4-11(15)13(12)14/h3-6,8,16-17H,7H2,1-2H3. The summed E-state index contributed by atoms with van der Waals surface area (Å²) in [6.07, 6.45) is 1.58. The minimum atomic E-state index is -3.66. The molecule has 2 aromatic rings. The molecule has 0 saturated carbocycles. The van der Waals surface area contributed by atoms with Crippen LogP contribution in [0.3, 0.4) is 0 Å². The molecule has 1 aromatic carbocycles. The normalized spacial score (nSPS) is 11.6. The number of nitrogens with zero attached hydrogens (tertiary/aromatic N) is 1. The number of benzene rings is 1. The summed E-state index contributed by atoms with van der Waals surface area (Å²) in [6.45, 7) is 0.590. The summed E-state index contributed by atoms with van der Waals surface area (Å²) in [7, 11) is -0.0452. The van der Waals surface area contributed by atoms with Crippen LogP contribution in [-0.4, -0.2) is 20.0 Å². The third-order valence-electron chi connectivity index (χ3n) is 2.95. The van der Waals surface area contributed by atoms with E-state index in [4.69, 9.17) is 11.6 Å². The van der Waals surface area contributed by atoms with E-state index in [0.717, 1.165) is 5.69 Å². The first kappa shape index (κ1) is 16.4. The lowest BCUT2D eigenvalue weighted by Crippen LogP contribution is -2.12. The lowest BCUT2D eigenvalue weighted by atomic mass is 10.3. The Morgan fingerprint density at radius 2 is 2.10 bits per heavy atom. The Kier molecular flexibility index (Phi) is 4.98. The number of rotatable bonds is 5. The van der Waals surface area contributed by atoms with Crippen LogP contribution in [0.5, 0.6) is 0 Å². The molecule has 0 bridgehead atoms. The van der Waals surface area contributed by atoms with E-state index < -0.39 is 10.0 Å². The third-order valence-corrected chi connectivity index (χ3v) is 5.68. The molecule has 21 heavy (non-hydrogen) atoms. The molecule has 1 heterocycles. The molecule has 0 unspecified atom stereocenters. The van der Waals surface area contributed by atoms with Gasteiger partial charge in [-0.25, -0.2) is 8.42 Å². The predicted molar refractivity (Wildman–Crippen MR) is 88.1 cm³/mol. The quantitative estimate of drug-likeness (QED) is 0.822. The second-order valence-electron chi connectivity index (χ2n) is 4.52. The van der Waals surface area contributed by atoms with Crippen LogP contribution in [-0.2, 0) is 23.6 Å². The van der Waals surface area contributed by atoms with Crippen molar-refractivity contribution in [3.8, 4) is 0 Å². The maximum Gasteiger partial charge on any atom is 0.263 e. The number of hydrogen-bond acceptors (Lipinski definition) is 3. The van der Waals surface area contributed by atoms with Crippen LogP contribution in [0.1, 0.15) is 5.69 Å². The average molecular weight is 393 g/mol. The molecule has 2 N–H and O–H groups in total. The smallest absolute Gasteiger partial charge is 0.263 e. The van der Waals surface area contributed by atoms with E-state index in [0.29, 0.717) is 21.7 Å². The van der Waals surface area contributed by atoms with Gasteiger partial charge in [0, 0.05) is 25.5 Å². The predicted octanol–water partition coefficient (Wildman–Crippen LogP) is 2.96. The van der Waals surface area contributed by atoms with Crippen molar-refractivity contribution in [2.24, 2.45) is 7.05 Å². The lowest BCUT2D eigenvalue weighted by molar-refractivity contribution is 0.601. The highest BCUT2D eigenvalue weighted by molar-refractivity contribution is 9.10. The maximum absolute atomic E-state index is 12.4. The fourth-order valence-electron chi connectivity index (χ4n) is 1.87. The molecule has 0 aliphatic heterocycles. The van der Waals surface area contributed by atoms with Gasteiger partial charge >= 0.3 is 0 Å². The molecule has 8 heteroatoms. The Labute approximate surface area is 137 Å². The van der Waals surface area contributed by atoms with Crippen molar-refractivity contribution >= 4 is 43.2 Å². The molecule has 0 saturated heterocycles. The minimum Gasteiger partial charge on any atom is -0.352 e. The van der Waals surface area contributed by atoms with Crippen molar-refractivity contribution in [1.29, 1.82) is 0 Å². The molecular weight excluding hydrogens is 378 g/mol. The average Bonchev–Trinajstić information content (AvgIpc) is 2.78. The molecule has 5 nitrogen and oxygen atoms in total. The van der Waals surface area contributed by atoms with E-state index in [1.807, 2.05) is 7.05 Å². The molecular formula is C13H15BrClN3O2S. The summed E-state index contributed by atoms with van der Waals surface area (Å²) in [5.74, 6) is 0. The second-order valence-corrected chi connectivity index (χ2v) is 7.40. The van der Waals surface area contributed by atoms with Crippen molar-refractivity contribution in [2.75, 3.05) is 11.8 Å². The Balaban J connectivity index is 2.34. The summed E-state index contributed by atoms with van der Waals surface area (Å²) in [5.41, 5.74) is 1.28. The first-order valence-electron chi connectivity index (χ1n) is 6.12. The third kappa shape index (κ3) is 3.60. The lowest BCUT2D eigenvalue weighted by Gasteiger charge is -2.09. The van der Waals surface area contributed by atoms with Crippen molar-refractivity contribution in [1.82, 2.24) is 9.88 Å². The molecule has 0 spiro atoms. The van der Waals surface area contributed by atoms with Crippen LogP contribution in [0.4, 0.5) is 5.69 Å².